The molecule has 0 aromatic heterocycles. The minimum Gasteiger partial charge on any atom is -0.320 e. The van der Waals surface area contributed by atoms with Crippen LogP contribution in [0.1, 0.15) is 56.6 Å². The molecule has 30 heavy (non-hydrogen) atoms. The van der Waals surface area contributed by atoms with Crippen LogP contribution < -0.4 is 10.0 Å². The number of hydrogen-bond donors (Lipinski definition) is 2. The van der Waals surface area contributed by atoms with Gasteiger partial charge in [0.2, 0.25) is 15.9 Å². The predicted molar refractivity (Wildman–Crippen MR) is 120 cm³/mol. The minimum atomic E-state index is -3.34. The van der Waals surface area contributed by atoms with Crippen LogP contribution in [-0.2, 0) is 14.8 Å². The van der Waals surface area contributed by atoms with Gasteiger partial charge in [-0.15, -0.1) is 0 Å². The van der Waals surface area contributed by atoms with Crippen molar-refractivity contribution in [3.8, 4) is 0 Å². The van der Waals surface area contributed by atoms with E-state index in [2.05, 4.69) is 10.0 Å². The lowest BCUT2D eigenvalue weighted by molar-refractivity contribution is -0.130. The van der Waals surface area contributed by atoms with Gasteiger partial charge in [0.15, 0.2) is 0 Å². The van der Waals surface area contributed by atoms with Crippen LogP contribution in [0.2, 0.25) is 0 Å². The summed E-state index contributed by atoms with van der Waals surface area (Å²) in [6.07, 6.45) is 9.30. The summed E-state index contributed by atoms with van der Waals surface area (Å²) in [7, 11) is -1.53. The van der Waals surface area contributed by atoms with Crippen LogP contribution in [-0.4, -0.2) is 44.1 Å². The van der Waals surface area contributed by atoms with Gasteiger partial charge in [-0.1, -0.05) is 25.3 Å². The topological polar surface area (TPSA) is 78.5 Å². The molecule has 7 heteroatoms. The highest BCUT2D eigenvalue weighted by atomic mass is 32.2. The van der Waals surface area contributed by atoms with Crippen LogP contribution in [0.5, 0.6) is 0 Å². The van der Waals surface area contributed by atoms with E-state index in [9.17, 15) is 13.2 Å². The maximum Gasteiger partial charge on any atom is 0.244 e. The summed E-state index contributed by atoms with van der Waals surface area (Å²) in [6.45, 7) is 3.67. The molecular formula is C23H33N3O3S. The average Bonchev–Trinajstić information content (AvgIpc) is 3.19. The predicted octanol–water partition coefficient (Wildman–Crippen LogP) is 3.50. The number of rotatable bonds is 5. The van der Waals surface area contributed by atoms with E-state index < -0.39 is 10.0 Å². The third-order valence-corrected chi connectivity index (χ3v) is 8.38. The van der Waals surface area contributed by atoms with Crippen molar-refractivity contribution < 1.29 is 13.2 Å². The Morgan fingerprint density at radius 1 is 1.20 bits per heavy atom. The Morgan fingerprint density at radius 2 is 1.93 bits per heavy atom. The van der Waals surface area contributed by atoms with Gasteiger partial charge in [-0.2, -0.15) is 0 Å². The minimum absolute atomic E-state index is 0.0355. The second kappa shape index (κ2) is 8.35. The number of aryl methyl sites for hydroxylation is 1. The van der Waals surface area contributed by atoms with Crippen molar-refractivity contribution >= 4 is 27.2 Å². The lowest BCUT2D eigenvalue weighted by Crippen LogP contribution is -2.48. The second-order valence-electron chi connectivity index (χ2n) is 9.06. The summed E-state index contributed by atoms with van der Waals surface area (Å²) in [5.41, 5.74) is 3.81. The van der Waals surface area contributed by atoms with Crippen molar-refractivity contribution in [1.29, 1.82) is 0 Å². The van der Waals surface area contributed by atoms with Crippen molar-refractivity contribution in [2.45, 2.75) is 64.5 Å². The molecule has 2 heterocycles. The van der Waals surface area contributed by atoms with Gasteiger partial charge in [-0.05, 0) is 67.9 Å². The van der Waals surface area contributed by atoms with E-state index in [4.69, 9.17) is 0 Å². The summed E-state index contributed by atoms with van der Waals surface area (Å²) in [4.78, 5) is 14.6. The van der Waals surface area contributed by atoms with Gasteiger partial charge >= 0.3 is 0 Å². The van der Waals surface area contributed by atoms with Gasteiger partial charge in [0.1, 0.15) is 0 Å². The van der Waals surface area contributed by atoms with Gasteiger partial charge in [0.05, 0.1) is 11.8 Å². The number of amides is 1. The summed E-state index contributed by atoms with van der Waals surface area (Å²) >= 11 is 0. The lowest BCUT2D eigenvalue weighted by atomic mass is 9.78. The summed E-state index contributed by atoms with van der Waals surface area (Å²) < 4.78 is 26.8. The number of benzene rings is 1. The highest BCUT2D eigenvalue weighted by Crippen LogP contribution is 2.43. The molecule has 0 bridgehead atoms. The Kier molecular flexibility index (Phi) is 5.95. The van der Waals surface area contributed by atoms with E-state index in [1.807, 2.05) is 32.3 Å². The van der Waals surface area contributed by atoms with Gasteiger partial charge in [0.25, 0.3) is 0 Å². The summed E-state index contributed by atoms with van der Waals surface area (Å²) in [5.74, 6) is 0.931. The molecule has 6 nitrogen and oxygen atoms in total. The Bertz CT molecular complexity index is 950. The fourth-order valence-corrected chi connectivity index (χ4v) is 5.97. The molecule has 3 aliphatic rings. The van der Waals surface area contributed by atoms with Crippen LogP contribution in [0.15, 0.2) is 24.4 Å². The molecule has 3 atom stereocenters. The monoisotopic (exact) mass is 431 g/mol. The summed E-state index contributed by atoms with van der Waals surface area (Å²) in [5, 5.41) is 3.68. The molecule has 0 radical (unpaired) electrons. The van der Waals surface area contributed by atoms with Crippen LogP contribution in [0.3, 0.4) is 0 Å². The maximum atomic E-state index is 12.9. The number of carbonyl (C=O) groups is 1. The summed E-state index contributed by atoms with van der Waals surface area (Å²) in [6, 6.07) is 5.86. The number of fused-ring (bicyclic) bond motifs is 1. The van der Waals surface area contributed by atoms with Crippen molar-refractivity contribution in [1.82, 2.24) is 10.2 Å². The highest BCUT2D eigenvalue weighted by Gasteiger charge is 2.46. The molecule has 1 amide bonds. The Morgan fingerprint density at radius 3 is 2.63 bits per heavy atom. The smallest absolute Gasteiger partial charge is 0.244 e. The zero-order valence-corrected chi connectivity index (χ0v) is 19.0. The van der Waals surface area contributed by atoms with E-state index in [1.165, 1.54) is 32.1 Å². The van der Waals surface area contributed by atoms with Crippen molar-refractivity contribution in [2.75, 3.05) is 17.5 Å². The third-order valence-electron chi connectivity index (χ3n) is 7.07. The molecule has 3 unspecified atom stereocenters. The molecule has 2 aliphatic heterocycles. The number of sulfonamides is 1. The first-order chi connectivity index (χ1) is 14.3. The quantitative estimate of drug-likeness (QED) is 0.748. The molecule has 1 saturated carbocycles. The Labute approximate surface area is 180 Å². The van der Waals surface area contributed by atoms with Crippen LogP contribution in [0, 0.1) is 18.8 Å². The molecule has 2 fully saturated rings. The van der Waals surface area contributed by atoms with E-state index in [1.54, 1.807) is 17.9 Å². The molecule has 1 aromatic rings. The maximum absolute atomic E-state index is 12.9. The first-order valence-electron chi connectivity index (χ1n) is 11.1. The molecular weight excluding hydrogens is 398 g/mol. The fourth-order valence-electron chi connectivity index (χ4n) is 5.34. The lowest BCUT2D eigenvalue weighted by Gasteiger charge is -2.32. The van der Waals surface area contributed by atoms with Gasteiger partial charge in [0, 0.05) is 30.9 Å². The van der Waals surface area contributed by atoms with Crippen LogP contribution in [0.4, 0.5) is 5.69 Å². The SMILES string of the molecule is CCS(=O)(=O)Nc1ccc(C)c(C2=CN(C)C(=O)C3NC(C4CCCCC4)CC23)c1. The Hall–Kier alpha value is -1.86. The standard InChI is InChI=1S/C23H33N3O3S/c1-4-30(28,29)25-17-11-10-15(2)18(12-17)20-14-26(3)23(27)22-19(20)13-21(24-22)16-8-6-5-7-9-16/h10-12,14,16,19,21-22,24-25H,4-9,13H2,1-3H3. The first-order valence-corrected chi connectivity index (χ1v) is 12.8. The van der Waals surface area contributed by atoms with Gasteiger partial charge in [-0.3, -0.25) is 9.52 Å². The van der Waals surface area contributed by atoms with E-state index in [0.717, 1.165) is 23.1 Å². The molecule has 0 spiro atoms. The number of carbonyl (C=O) groups excluding carboxylic acids is 1. The molecule has 1 aromatic carbocycles. The van der Waals surface area contributed by atoms with Crippen LogP contribution in [0.25, 0.3) is 5.57 Å². The number of nitrogens with one attached hydrogen (secondary N) is 2. The number of likely N-dealkylation sites (N-methyl/N-ethyl adjacent to an activating group) is 1. The first kappa shape index (κ1) is 21.4. The average molecular weight is 432 g/mol. The third kappa shape index (κ3) is 4.14. The number of anilines is 1. The van der Waals surface area contributed by atoms with Crippen molar-refractivity contribution in [3.63, 3.8) is 0 Å². The molecule has 4 rings (SSSR count). The zero-order chi connectivity index (χ0) is 21.5. The van der Waals surface area contributed by atoms with Crippen molar-refractivity contribution in [3.05, 3.63) is 35.5 Å². The normalized spacial score (nSPS) is 27.7. The number of hydrogen-bond acceptors (Lipinski definition) is 4. The van der Waals surface area contributed by atoms with E-state index in [0.29, 0.717) is 17.6 Å². The second-order valence-corrected chi connectivity index (χ2v) is 11.1. The molecule has 1 aliphatic carbocycles. The molecule has 2 N–H and O–H groups in total. The Balaban J connectivity index is 1.66. The van der Waals surface area contributed by atoms with Crippen molar-refractivity contribution in [2.24, 2.45) is 11.8 Å². The van der Waals surface area contributed by atoms with E-state index >= 15 is 0 Å². The fraction of sp³-hybridized carbons (Fsp3) is 0.609. The van der Waals surface area contributed by atoms with E-state index in [-0.39, 0.29) is 23.6 Å². The largest absolute Gasteiger partial charge is 0.320 e. The molecule has 164 valence electrons. The zero-order valence-electron chi connectivity index (χ0n) is 18.1. The van der Waals surface area contributed by atoms with Crippen LogP contribution >= 0.6 is 0 Å². The highest BCUT2D eigenvalue weighted by molar-refractivity contribution is 7.92. The number of nitrogens with zero attached hydrogens (tertiary/aromatic N) is 1. The van der Waals surface area contributed by atoms with Gasteiger partial charge < -0.3 is 10.2 Å². The van der Waals surface area contributed by atoms with Gasteiger partial charge in [-0.25, -0.2) is 8.42 Å². The molecule has 1 saturated heterocycles.